The Hall–Kier alpha value is -1.78. The molecule has 25 heavy (non-hydrogen) atoms. The van der Waals surface area contributed by atoms with Gasteiger partial charge in [0.15, 0.2) is 0 Å². The van der Waals surface area contributed by atoms with Crippen LogP contribution in [-0.4, -0.2) is 32.0 Å². The molecule has 0 radical (unpaired) electrons. The molecule has 4 nitrogen and oxygen atoms in total. The average Bonchev–Trinajstić information content (AvgIpc) is 2.53. The molecule has 0 aromatic carbocycles. The van der Waals surface area contributed by atoms with Crippen LogP contribution in [-0.2, 0) is 13.1 Å². The summed E-state index contributed by atoms with van der Waals surface area (Å²) in [6, 6.07) is 10.9. The van der Waals surface area contributed by atoms with Gasteiger partial charge < -0.3 is 5.32 Å². The van der Waals surface area contributed by atoms with Crippen molar-refractivity contribution in [3.8, 4) is 0 Å². The summed E-state index contributed by atoms with van der Waals surface area (Å²) in [7, 11) is 0. The molecule has 1 fully saturated rings. The van der Waals surface area contributed by atoms with E-state index in [0.29, 0.717) is 6.04 Å². The van der Waals surface area contributed by atoms with Gasteiger partial charge in [0, 0.05) is 48.8 Å². The fourth-order valence-corrected chi connectivity index (χ4v) is 4.26. The van der Waals surface area contributed by atoms with Gasteiger partial charge in [0.25, 0.3) is 0 Å². The molecule has 0 saturated carbocycles. The molecule has 0 bridgehead atoms. The lowest BCUT2D eigenvalue weighted by Gasteiger charge is -2.49. The van der Waals surface area contributed by atoms with Crippen molar-refractivity contribution in [2.24, 2.45) is 0 Å². The smallest absolute Gasteiger partial charge is 0.0544 e. The third-order valence-electron chi connectivity index (χ3n) is 4.91. The van der Waals surface area contributed by atoms with Crippen LogP contribution < -0.4 is 5.32 Å². The lowest BCUT2D eigenvalue weighted by molar-refractivity contribution is 0.0556. The molecule has 0 aliphatic carbocycles. The van der Waals surface area contributed by atoms with E-state index >= 15 is 0 Å². The highest BCUT2D eigenvalue weighted by atomic mass is 15.2. The van der Waals surface area contributed by atoms with Gasteiger partial charge in [-0.3, -0.25) is 14.9 Å². The van der Waals surface area contributed by atoms with Crippen molar-refractivity contribution in [2.75, 3.05) is 0 Å². The predicted molar refractivity (Wildman–Crippen MR) is 102 cm³/mol. The second-order valence-corrected chi connectivity index (χ2v) is 8.54. The predicted octanol–water partition coefficient (Wildman–Crippen LogP) is 3.79. The number of hydrogen-bond donors (Lipinski definition) is 1. The Kier molecular flexibility index (Phi) is 5.21. The van der Waals surface area contributed by atoms with Crippen molar-refractivity contribution in [3.63, 3.8) is 0 Å². The van der Waals surface area contributed by atoms with Crippen molar-refractivity contribution in [1.82, 2.24) is 20.2 Å². The summed E-state index contributed by atoms with van der Waals surface area (Å²) < 4.78 is 0. The van der Waals surface area contributed by atoms with Crippen LogP contribution in [0.25, 0.3) is 0 Å². The zero-order valence-corrected chi connectivity index (χ0v) is 15.9. The number of aromatic nitrogens is 2. The third kappa shape index (κ3) is 5.10. The maximum atomic E-state index is 4.56. The maximum Gasteiger partial charge on any atom is 0.0544 e. The van der Waals surface area contributed by atoms with Crippen LogP contribution in [0.15, 0.2) is 48.9 Å². The molecule has 4 heteroatoms. The van der Waals surface area contributed by atoms with Gasteiger partial charge in [0.1, 0.15) is 0 Å². The van der Waals surface area contributed by atoms with Gasteiger partial charge in [-0.25, -0.2) is 0 Å². The summed E-state index contributed by atoms with van der Waals surface area (Å²) in [5, 5.41) is 3.79. The molecule has 2 aromatic heterocycles. The van der Waals surface area contributed by atoms with Crippen LogP contribution in [0.1, 0.15) is 51.8 Å². The van der Waals surface area contributed by atoms with Crippen LogP contribution in [0.5, 0.6) is 0 Å². The SMILES string of the molecule is CC1(C)CC(N(Cc2ccncc2)Cc2ccccn2)CC(C)(C)N1. The first kappa shape index (κ1) is 18.0. The number of nitrogens with one attached hydrogen (secondary N) is 1. The first-order valence-corrected chi connectivity index (χ1v) is 9.15. The molecule has 3 rings (SSSR count). The van der Waals surface area contributed by atoms with Gasteiger partial charge >= 0.3 is 0 Å². The summed E-state index contributed by atoms with van der Waals surface area (Å²) >= 11 is 0. The molecule has 0 amide bonds. The number of hydrogen-bond acceptors (Lipinski definition) is 4. The van der Waals surface area contributed by atoms with Gasteiger partial charge in [-0.15, -0.1) is 0 Å². The molecule has 0 atom stereocenters. The Bertz CT molecular complexity index is 609. The first-order chi connectivity index (χ1) is 11.8. The van der Waals surface area contributed by atoms with Gasteiger partial charge in [0.2, 0.25) is 0 Å². The molecule has 3 heterocycles. The summed E-state index contributed by atoms with van der Waals surface area (Å²) in [5.74, 6) is 0. The molecule has 1 saturated heterocycles. The third-order valence-corrected chi connectivity index (χ3v) is 4.91. The molecule has 2 aromatic rings. The molecule has 1 aliphatic rings. The lowest BCUT2D eigenvalue weighted by atomic mass is 9.79. The highest BCUT2D eigenvalue weighted by molar-refractivity contribution is 5.12. The van der Waals surface area contributed by atoms with Crippen LogP contribution in [0.3, 0.4) is 0 Å². The normalized spacial score (nSPS) is 19.9. The highest BCUT2D eigenvalue weighted by Crippen LogP contribution is 2.32. The zero-order valence-electron chi connectivity index (χ0n) is 15.9. The topological polar surface area (TPSA) is 41.1 Å². The van der Waals surface area contributed by atoms with Crippen LogP contribution in [0.2, 0.25) is 0 Å². The van der Waals surface area contributed by atoms with Gasteiger partial charge in [-0.1, -0.05) is 6.07 Å². The molecule has 0 spiro atoms. The van der Waals surface area contributed by atoms with E-state index in [4.69, 9.17) is 0 Å². The number of nitrogens with zero attached hydrogens (tertiary/aromatic N) is 3. The minimum absolute atomic E-state index is 0.132. The van der Waals surface area contributed by atoms with E-state index in [9.17, 15) is 0 Å². The monoisotopic (exact) mass is 338 g/mol. The average molecular weight is 338 g/mol. The first-order valence-electron chi connectivity index (χ1n) is 9.15. The second kappa shape index (κ2) is 7.22. The Morgan fingerprint density at radius 2 is 1.64 bits per heavy atom. The van der Waals surface area contributed by atoms with Crippen LogP contribution in [0, 0.1) is 0 Å². The molecule has 134 valence electrons. The summed E-state index contributed by atoms with van der Waals surface area (Å²) in [6.45, 7) is 11.0. The standard InChI is InChI=1S/C21H30N4/c1-20(2)13-19(14-21(3,4)24-20)25(15-17-8-11-22-12-9-17)16-18-7-5-6-10-23-18/h5-12,19,24H,13-16H2,1-4H3. The van der Waals surface area contributed by atoms with Crippen molar-refractivity contribution in [1.29, 1.82) is 0 Å². The minimum atomic E-state index is 0.132. The van der Waals surface area contributed by atoms with Crippen molar-refractivity contribution >= 4 is 0 Å². The molecular formula is C21H30N4. The van der Waals surface area contributed by atoms with Crippen molar-refractivity contribution in [3.05, 3.63) is 60.2 Å². The van der Waals surface area contributed by atoms with E-state index in [2.05, 4.69) is 72.1 Å². The van der Waals surface area contributed by atoms with E-state index in [1.165, 1.54) is 5.56 Å². The Labute approximate surface area is 151 Å². The van der Waals surface area contributed by atoms with E-state index in [-0.39, 0.29) is 11.1 Å². The van der Waals surface area contributed by atoms with E-state index in [1.807, 2.05) is 24.7 Å². The number of pyridine rings is 2. The number of rotatable bonds is 5. The van der Waals surface area contributed by atoms with Crippen LogP contribution in [0.4, 0.5) is 0 Å². The molecule has 0 unspecified atom stereocenters. The van der Waals surface area contributed by atoms with Gasteiger partial charge in [-0.2, -0.15) is 0 Å². The Balaban J connectivity index is 1.84. The fourth-order valence-electron chi connectivity index (χ4n) is 4.26. The van der Waals surface area contributed by atoms with Crippen LogP contribution >= 0.6 is 0 Å². The van der Waals surface area contributed by atoms with E-state index in [0.717, 1.165) is 31.6 Å². The van der Waals surface area contributed by atoms with Gasteiger partial charge in [0.05, 0.1) is 5.69 Å². The van der Waals surface area contributed by atoms with Gasteiger partial charge in [-0.05, 0) is 70.4 Å². The Morgan fingerprint density at radius 3 is 2.24 bits per heavy atom. The van der Waals surface area contributed by atoms with Crippen molar-refractivity contribution < 1.29 is 0 Å². The maximum absolute atomic E-state index is 4.56. The van der Waals surface area contributed by atoms with Crippen molar-refractivity contribution in [2.45, 2.75) is 70.7 Å². The fraction of sp³-hybridized carbons (Fsp3) is 0.524. The lowest BCUT2D eigenvalue weighted by Crippen LogP contribution is -2.62. The van der Waals surface area contributed by atoms with E-state index in [1.54, 1.807) is 0 Å². The molecular weight excluding hydrogens is 308 g/mol. The highest BCUT2D eigenvalue weighted by Gasteiger charge is 2.39. The van der Waals surface area contributed by atoms with E-state index < -0.39 is 0 Å². The Morgan fingerprint density at radius 1 is 0.960 bits per heavy atom. The molecule has 1 N–H and O–H groups in total. The summed E-state index contributed by atoms with van der Waals surface area (Å²) in [5.41, 5.74) is 2.70. The summed E-state index contributed by atoms with van der Waals surface area (Å²) in [6.07, 6.45) is 7.91. The minimum Gasteiger partial charge on any atom is -0.307 e. The largest absolute Gasteiger partial charge is 0.307 e. The number of piperidine rings is 1. The summed E-state index contributed by atoms with van der Waals surface area (Å²) in [4.78, 5) is 11.3. The molecule has 1 aliphatic heterocycles. The quantitative estimate of drug-likeness (QED) is 0.900. The second-order valence-electron chi connectivity index (χ2n) is 8.54. The zero-order chi connectivity index (χ0) is 17.9.